The van der Waals surface area contributed by atoms with Gasteiger partial charge in [-0.1, -0.05) is 42.5 Å². The van der Waals surface area contributed by atoms with Crippen molar-refractivity contribution >= 4 is 10.9 Å². The van der Waals surface area contributed by atoms with Gasteiger partial charge in [0.05, 0.1) is 0 Å². The molecule has 0 heterocycles. The summed E-state index contributed by atoms with van der Waals surface area (Å²) in [6.07, 6.45) is 4.90. The topological polar surface area (TPSA) is 0 Å². The number of hydrogen-bond donors (Lipinski definition) is 0. The van der Waals surface area contributed by atoms with Crippen LogP contribution in [0, 0.1) is 0 Å². The largest absolute Gasteiger partial charge is 0.154 e. The molecule has 1 heteroatoms. The summed E-state index contributed by atoms with van der Waals surface area (Å²) in [5.74, 6) is 0. The molecule has 1 aliphatic rings. The van der Waals surface area contributed by atoms with E-state index in [-0.39, 0.29) is 0 Å². The molecule has 86 valence electrons. The lowest BCUT2D eigenvalue weighted by Crippen LogP contribution is -2.20. The van der Waals surface area contributed by atoms with Crippen molar-refractivity contribution in [3.05, 3.63) is 65.7 Å². The molecule has 1 unspecified atom stereocenters. The number of hydrogen-bond acceptors (Lipinski definition) is 0. The van der Waals surface area contributed by atoms with E-state index in [1.54, 1.807) is 11.1 Å². The molecule has 3 rings (SSSR count). The zero-order valence-electron chi connectivity index (χ0n) is 10.1. The molecule has 0 radical (unpaired) electrons. The van der Waals surface area contributed by atoms with Gasteiger partial charge in [0.2, 0.25) is 0 Å². The van der Waals surface area contributed by atoms with Crippen LogP contribution in [0.4, 0.5) is 0 Å². The summed E-state index contributed by atoms with van der Waals surface area (Å²) in [4.78, 5) is 1.50. The van der Waals surface area contributed by atoms with Crippen molar-refractivity contribution in [3.8, 4) is 0 Å². The molecule has 0 bridgehead atoms. The fourth-order valence-electron chi connectivity index (χ4n) is 2.60. The van der Waals surface area contributed by atoms with Gasteiger partial charge < -0.3 is 0 Å². The first-order chi connectivity index (χ1) is 8.34. The normalized spacial score (nSPS) is 16.8. The van der Waals surface area contributed by atoms with E-state index in [9.17, 15) is 0 Å². The molecule has 0 nitrogen and oxygen atoms in total. The number of rotatable bonds is 2. The molecule has 2 aromatic rings. The lowest BCUT2D eigenvalue weighted by atomic mass is 10.1. The summed E-state index contributed by atoms with van der Waals surface area (Å²) < 4.78 is 0. The van der Waals surface area contributed by atoms with E-state index >= 15 is 0 Å². The first-order valence-corrected chi connectivity index (χ1v) is 7.81. The van der Waals surface area contributed by atoms with Gasteiger partial charge in [-0.3, -0.25) is 0 Å². The third-order valence-electron chi connectivity index (χ3n) is 3.63. The Kier molecular flexibility index (Phi) is 2.94. The first kappa shape index (κ1) is 10.9. The second kappa shape index (κ2) is 4.58. The van der Waals surface area contributed by atoms with Gasteiger partial charge in [0.1, 0.15) is 11.5 Å². The molecular formula is C16H17S+. The minimum atomic E-state index is 0.365. The summed E-state index contributed by atoms with van der Waals surface area (Å²) in [5.41, 5.74) is 3.13. The highest BCUT2D eigenvalue weighted by molar-refractivity contribution is 7.96. The quantitative estimate of drug-likeness (QED) is 0.706. The van der Waals surface area contributed by atoms with Crippen LogP contribution in [-0.2, 0) is 23.7 Å². The maximum absolute atomic E-state index is 2.39. The zero-order chi connectivity index (χ0) is 11.7. The lowest BCUT2D eigenvalue weighted by Gasteiger charge is -2.09. The van der Waals surface area contributed by atoms with Crippen molar-refractivity contribution in [2.75, 3.05) is 6.26 Å². The maximum Gasteiger partial charge on any atom is 0.154 e. The molecule has 0 aliphatic heterocycles. The Morgan fingerprint density at radius 2 is 1.35 bits per heavy atom. The number of benzene rings is 2. The second-order valence-electron chi connectivity index (χ2n) is 4.67. The highest BCUT2D eigenvalue weighted by atomic mass is 32.2. The predicted octanol–water partition coefficient (Wildman–Crippen LogP) is 3.46. The molecule has 0 saturated carbocycles. The SMILES string of the molecule is C[S+](c1ccccc1)C1Cc2ccccc2C1. The molecule has 0 spiro atoms. The van der Waals surface area contributed by atoms with E-state index in [2.05, 4.69) is 60.9 Å². The van der Waals surface area contributed by atoms with Crippen LogP contribution in [0.5, 0.6) is 0 Å². The van der Waals surface area contributed by atoms with Crippen molar-refractivity contribution in [1.82, 2.24) is 0 Å². The summed E-state index contributed by atoms with van der Waals surface area (Å²) in [6, 6.07) is 19.9. The Morgan fingerprint density at radius 3 is 1.94 bits per heavy atom. The van der Waals surface area contributed by atoms with Gasteiger partial charge in [0.15, 0.2) is 4.90 Å². The van der Waals surface area contributed by atoms with E-state index in [1.807, 2.05) is 0 Å². The van der Waals surface area contributed by atoms with Crippen LogP contribution in [0.1, 0.15) is 11.1 Å². The van der Waals surface area contributed by atoms with Gasteiger partial charge in [-0.15, -0.1) is 0 Å². The van der Waals surface area contributed by atoms with Crippen LogP contribution in [0.2, 0.25) is 0 Å². The van der Waals surface area contributed by atoms with Gasteiger partial charge in [-0.05, 0) is 23.3 Å². The minimum Gasteiger partial charge on any atom is -0.0620 e. The average molecular weight is 241 g/mol. The Labute approximate surface area is 106 Å². The van der Waals surface area contributed by atoms with Crippen molar-refractivity contribution in [2.24, 2.45) is 0 Å². The van der Waals surface area contributed by atoms with E-state index < -0.39 is 0 Å². The molecule has 0 N–H and O–H groups in total. The molecule has 0 saturated heterocycles. The maximum atomic E-state index is 2.39. The minimum absolute atomic E-state index is 0.365. The van der Waals surface area contributed by atoms with Crippen LogP contribution in [-0.4, -0.2) is 11.5 Å². The van der Waals surface area contributed by atoms with E-state index in [4.69, 9.17) is 0 Å². The fourth-order valence-corrected chi connectivity index (χ4v) is 4.43. The van der Waals surface area contributed by atoms with Crippen LogP contribution in [0.15, 0.2) is 59.5 Å². The molecule has 0 amide bonds. The Bertz CT molecular complexity index is 479. The molecule has 17 heavy (non-hydrogen) atoms. The Hall–Kier alpha value is -1.21. The molecular weight excluding hydrogens is 224 g/mol. The summed E-state index contributed by atoms with van der Waals surface area (Å²) in [6.45, 7) is 0. The second-order valence-corrected chi connectivity index (χ2v) is 6.92. The Morgan fingerprint density at radius 1 is 0.824 bits per heavy atom. The van der Waals surface area contributed by atoms with E-state index in [0.29, 0.717) is 10.9 Å². The third kappa shape index (κ3) is 2.12. The van der Waals surface area contributed by atoms with Crippen molar-refractivity contribution < 1.29 is 0 Å². The zero-order valence-corrected chi connectivity index (χ0v) is 10.9. The molecule has 2 aromatic carbocycles. The van der Waals surface area contributed by atoms with Gasteiger partial charge in [-0.25, -0.2) is 0 Å². The molecule has 0 aromatic heterocycles. The first-order valence-electron chi connectivity index (χ1n) is 6.11. The van der Waals surface area contributed by atoms with E-state index in [1.165, 1.54) is 17.7 Å². The van der Waals surface area contributed by atoms with Gasteiger partial charge >= 0.3 is 0 Å². The van der Waals surface area contributed by atoms with Gasteiger partial charge in [0, 0.05) is 23.7 Å². The van der Waals surface area contributed by atoms with Crippen LogP contribution < -0.4 is 0 Å². The van der Waals surface area contributed by atoms with Crippen LogP contribution in [0.3, 0.4) is 0 Å². The monoisotopic (exact) mass is 241 g/mol. The lowest BCUT2D eigenvalue weighted by molar-refractivity contribution is 0.923. The standard InChI is InChI=1S/C16H17S/c1-17(15-9-3-2-4-10-15)16-11-13-7-5-6-8-14(13)12-16/h2-10,16H,11-12H2,1H3/q+1. The summed E-state index contributed by atoms with van der Waals surface area (Å²) in [5, 5.41) is 0.801. The van der Waals surface area contributed by atoms with Crippen molar-refractivity contribution in [3.63, 3.8) is 0 Å². The Balaban J connectivity index is 1.81. The van der Waals surface area contributed by atoms with Gasteiger partial charge in [0.25, 0.3) is 0 Å². The van der Waals surface area contributed by atoms with E-state index in [0.717, 1.165) is 5.25 Å². The summed E-state index contributed by atoms with van der Waals surface area (Å²) in [7, 11) is 0.365. The highest BCUT2D eigenvalue weighted by Gasteiger charge is 2.34. The average Bonchev–Trinajstić information content (AvgIpc) is 2.82. The van der Waals surface area contributed by atoms with Crippen LogP contribution >= 0.6 is 0 Å². The fraction of sp³-hybridized carbons (Fsp3) is 0.250. The summed E-state index contributed by atoms with van der Waals surface area (Å²) >= 11 is 0. The smallest absolute Gasteiger partial charge is 0.0620 e. The van der Waals surface area contributed by atoms with Gasteiger partial charge in [-0.2, -0.15) is 0 Å². The molecule has 1 aliphatic carbocycles. The molecule has 0 fully saturated rings. The van der Waals surface area contributed by atoms with Crippen LogP contribution in [0.25, 0.3) is 0 Å². The molecule has 1 atom stereocenters. The highest BCUT2D eigenvalue weighted by Crippen LogP contribution is 2.30. The number of fused-ring (bicyclic) bond motifs is 1. The third-order valence-corrected chi connectivity index (χ3v) is 5.98. The predicted molar refractivity (Wildman–Crippen MR) is 75.6 cm³/mol. The van der Waals surface area contributed by atoms with Crippen molar-refractivity contribution in [2.45, 2.75) is 23.0 Å². The van der Waals surface area contributed by atoms with Crippen molar-refractivity contribution in [1.29, 1.82) is 0 Å².